The van der Waals surface area contributed by atoms with Gasteiger partial charge in [-0.25, -0.2) is 14.4 Å². The number of carbonyl (C=O) groups excluding carboxylic acids is 1. The number of hydrogen-bond donors (Lipinski definition) is 0. The Morgan fingerprint density at radius 1 is 1.25 bits per heavy atom. The molecule has 0 N–H and O–H groups in total. The van der Waals surface area contributed by atoms with Crippen molar-refractivity contribution < 1.29 is 9.18 Å². The van der Waals surface area contributed by atoms with Crippen LogP contribution in [0.15, 0.2) is 29.3 Å². The van der Waals surface area contributed by atoms with Gasteiger partial charge in [0.1, 0.15) is 21.5 Å². The van der Waals surface area contributed by atoms with Gasteiger partial charge in [0.2, 0.25) is 0 Å². The van der Waals surface area contributed by atoms with Crippen LogP contribution in [0.2, 0.25) is 0 Å². The van der Waals surface area contributed by atoms with Crippen LogP contribution in [0.1, 0.15) is 33.0 Å². The van der Waals surface area contributed by atoms with E-state index in [0.717, 1.165) is 33.9 Å². The minimum absolute atomic E-state index is 0.0173. The fraction of sp³-hybridized carbons (Fsp3) is 0.278. The van der Waals surface area contributed by atoms with Crippen LogP contribution in [-0.4, -0.2) is 21.5 Å². The molecule has 6 heteroatoms. The summed E-state index contributed by atoms with van der Waals surface area (Å²) >= 11 is 3.21. The number of thiophene rings is 1. The molecule has 0 radical (unpaired) electrons. The maximum Gasteiger partial charge on any atom is 0.173 e. The molecule has 3 aromatic rings. The average Bonchev–Trinajstić information content (AvgIpc) is 3.13. The highest BCUT2D eigenvalue weighted by molar-refractivity contribution is 8.00. The van der Waals surface area contributed by atoms with Gasteiger partial charge in [-0.2, -0.15) is 0 Å². The Bertz CT molecular complexity index is 934. The van der Waals surface area contributed by atoms with E-state index < -0.39 is 0 Å². The van der Waals surface area contributed by atoms with E-state index in [4.69, 9.17) is 0 Å². The molecule has 0 aliphatic heterocycles. The third kappa shape index (κ3) is 2.84. The number of rotatable bonds is 4. The third-order valence-electron chi connectivity index (χ3n) is 4.15. The van der Waals surface area contributed by atoms with Crippen LogP contribution >= 0.6 is 23.1 Å². The monoisotopic (exact) mass is 358 g/mol. The molecule has 24 heavy (non-hydrogen) atoms. The summed E-state index contributed by atoms with van der Waals surface area (Å²) in [6, 6.07) is 5.69. The lowest BCUT2D eigenvalue weighted by Gasteiger charge is -2.05. The van der Waals surface area contributed by atoms with Gasteiger partial charge in [-0.3, -0.25) is 4.79 Å². The topological polar surface area (TPSA) is 42.9 Å². The summed E-state index contributed by atoms with van der Waals surface area (Å²) in [5.74, 6) is 0.679. The van der Waals surface area contributed by atoms with Crippen molar-refractivity contribution in [2.45, 2.75) is 31.2 Å². The van der Waals surface area contributed by atoms with Gasteiger partial charge in [-0.05, 0) is 56.0 Å². The summed E-state index contributed by atoms with van der Waals surface area (Å²) < 4.78 is 13.0. The molecule has 0 saturated carbocycles. The van der Waals surface area contributed by atoms with Crippen LogP contribution in [-0.2, 0) is 12.8 Å². The van der Waals surface area contributed by atoms with E-state index in [2.05, 4.69) is 9.97 Å². The first kappa shape index (κ1) is 15.7. The van der Waals surface area contributed by atoms with Crippen LogP contribution in [0, 0.1) is 12.7 Å². The van der Waals surface area contributed by atoms with Crippen molar-refractivity contribution in [3.63, 3.8) is 0 Å². The maximum absolute atomic E-state index is 13.0. The number of fused-ring (bicyclic) bond motifs is 3. The summed E-state index contributed by atoms with van der Waals surface area (Å²) in [6.07, 6.45) is 3.37. The second-order valence-electron chi connectivity index (χ2n) is 5.83. The molecule has 2 aromatic heterocycles. The molecule has 3 nitrogen and oxygen atoms in total. The van der Waals surface area contributed by atoms with Crippen LogP contribution in [0.4, 0.5) is 4.39 Å². The maximum atomic E-state index is 13.0. The molecule has 1 aliphatic rings. The van der Waals surface area contributed by atoms with Gasteiger partial charge >= 0.3 is 0 Å². The molecule has 0 bridgehead atoms. The van der Waals surface area contributed by atoms with Gasteiger partial charge in [0.25, 0.3) is 0 Å². The van der Waals surface area contributed by atoms with Crippen molar-refractivity contribution >= 4 is 39.1 Å². The van der Waals surface area contributed by atoms with Crippen LogP contribution < -0.4 is 0 Å². The van der Waals surface area contributed by atoms with Crippen molar-refractivity contribution in [1.82, 2.24) is 9.97 Å². The number of aromatic nitrogens is 2. The molecule has 0 amide bonds. The van der Waals surface area contributed by atoms with Gasteiger partial charge in [0.05, 0.1) is 5.75 Å². The normalized spacial score (nSPS) is 13.4. The lowest BCUT2D eigenvalue weighted by atomic mass is 10.1. The second-order valence-corrected chi connectivity index (χ2v) is 7.88. The molecule has 0 saturated heterocycles. The molecular weight excluding hydrogens is 343 g/mol. The fourth-order valence-corrected chi connectivity index (χ4v) is 5.39. The average molecular weight is 358 g/mol. The number of halogens is 1. The molecule has 1 aromatic carbocycles. The van der Waals surface area contributed by atoms with Crippen LogP contribution in [0.5, 0.6) is 0 Å². The van der Waals surface area contributed by atoms with E-state index in [1.54, 1.807) is 11.3 Å². The smallest absolute Gasteiger partial charge is 0.173 e. The first-order valence-corrected chi connectivity index (χ1v) is 9.62. The summed E-state index contributed by atoms with van der Waals surface area (Å²) in [7, 11) is 0. The number of nitrogens with zero attached hydrogens (tertiary/aromatic N) is 2. The molecule has 0 fully saturated rings. The molecular formula is C18H15FN2OS2. The van der Waals surface area contributed by atoms with Gasteiger partial charge in [0.15, 0.2) is 5.78 Å². The standard InChI is InChI=1S/C18H15FN2OS2/c1-10-20-17(16-13-3-2-4-15(13)24-18(16)21-10)23-9-14(22)11-5-7-12(19)8-6-11/h5-8H,2-4,9H2,1H3. The zero-order valence-corrected chi connectivity index (χ0v) is 14.8. The lowest BCUT2D eigenvalue weighted by molar-refractivity contribution is 0.102. The molecule has 0 atom stereocenters. The van der Waals surface area contributed by atoms with Crippen LogP contribution in [0.3, 0.4) is 0 Å². The number of hydrogen-bond acceptors (Lipinski definition) is 5. The Morgan fingerprint density at radius 2 is 2.04 bits per heavy atom. The van der Waals surface area contributed by atoms with Crippen molar-refractivity contribution in [3.05, 3.63) is 51.9 Å². The van der Waals surface area contributed by atoms with Crippen molar-refractivity contribution in [3.8, 4) is 0 Å². The highest BCUT2D eigenvalue weighted by Crippen LogP contribution is 2.40. The quantitative estimate of drug-likeness (QED) is 0.388. The third-order valence-corrected chi connectivity index (χ3v) is 6.31. The molecule has 0 spiro atoms. The number of benzene rings is 1. The summed E-state index contributed by atoms with van der Waals surface area (Å²) in [5.41, 5.74) is 1.90. The van der Waals surface area contributed by atoms with Gasteiger partial charge in [-0.1, -0.05) is 11.8 Å². The SMILES string of the molecule is Cc1nc(SCC(=O)c2ccc(F)cc2)c2c3c(sc2n1)CCC3. The summed E-state index contributed by atoms with van der Waals surface area (Å²) in [6.45, 7) is 1.89. The zero-order valence-electron chi connectivity index (χ0n) is 13.1. The molecule has 2 heterocycles. The summed E-state index contributed by atoms with van der Waals surface area (Å²) in [5, 5.41) is 2.03. The Hall–Kier alpha value is -1.79. The Kier molecular flexibility index (Phi) is 4.10. The fourth-order valence-electron chi connectivity index (χ4n) is 3.02. The predicted molar refractivity (Wildman–Crippen MR) is 95.6 cm³/mol. The molecule has 122 valence electrons. The Labute approximate surface area is 147 Å². The van der Waals surface area contributed by atoms with Gasteiger partial charge < -0.3 is 0 Å². The van der Waals surface area contributed by atoms with E-state index in [9.17, 15) is 9.18 Å². The lowest BCUT2D eigenvalue weighted by Crippen LogP contribution is -2.03. The number of carbonyl (C=O) groups is 1. The Balaban J connectivity index is 1.62. The second kappa shape index (κ2) is 6.26. The molecule has 1 aliphatic carbocycles. The minimum atomic E-state index is -0.332. The van der Waals surface area contributed by atoms with Crippen molar-refractivity contribution in [2.24, 2.45) is 0 Å². The number of ketones is 1. The first-order valence-electron chi connectivity index (χ1n) is 7.82. The first-order chi connectivity index (χ1) is 11.6. The van der Waals surface area contributed by atoms with Gasteiger partial charge in [-0.15, -0.1) is 11.3 Å². The summed E-state index contributed by atoms with van der Waals surface area (Å²) in [4.78, 5) is 23.9. The van der Waals surface area contributed by atoms with Gasteiger partial charge in [0, 0.05) is 15.8 Å². The van der Waals surface area contributed by atoms with E-state index in [1.165, 1.54) is 52.9 Å². The van der Waals surface area contributed by atoms with E-state index >= 15 is 0 Å². The highest BCUT2D eigenvalue weighted by atomic mass is 32.2. The Morgan fingerprint density at radius 3 is 2.83 bits per heavy atom. The van der Waals surface area contributed by atoms with Crippen LogP contribution in [0.25, 0.3) is 10.2 Å². The number of thioether (sulfide) groups is 1. The molecule has 0 unspecified atom stereocenters. The van der Waals surface area contributed by atoms with Crippen molar-refractivity contribution in [2.75, 3.05) is 5.75 Å². The predicted octanol–water partition coefficient (Wildman–Crippen LogP) is 4.60. The van der Waals surface area contributed by atoms with Crippen molar-refractivity contribution in [1.29, 1.82) is 0 Å². The number of aryl methyl sites for hydroxylation is 3. The van der Waals surface area contributed by atoms with E-state index in [1.807, 2.05) is 6.92 Å². The molecule has 4 rings (SSSR count). The minimum Gasteiger partial charge on any atom is -0.293 e. The number of Topliss-reactive ketones (excluding diaryl/α,β-unsaturated/α-hetero) is 1. The zero-order chi connectivity index (χ0) is 16.7. The highest BCUT2D eigenvalue weighted by Gasteiger charge is 2.22. The van der Waals surface area contributed by atoms with E-state index in [-0.39, 0.29) is 11.6 Å². The largest absolute Gasteiger partial charge is 0.293 e. The van der Waals surface area contributed by atoms with E-state index in [0.29, 0.717) is 11.3 Å².